The molecule has 0 spiro atoms. The lowest BCUT2D eigenvalue weighted by molar-refractivity contribution is -0.141. The van der Waals surface area contributed by atoms with Gasteiger partial charge in [-0.15, -0.1) is 12.4 Å². The minimum absolute atomic E-state index is 0. The van der Waals surface area contributed by atoms with Crippen LogP contribution in [-0.2, 0) is 4.79 Å². The molecule has 0 aliphatic heterocycles. The van der Waals surface area contributed by atoms with E-state index in [-0.39, 0.29) is 18.4 Å². The van der Waals surface area contributed by atoms with Crippen molar-refractivity contribution in [2.45, 2.75) is 19.9 Å². The molecule has 56 valence electrons. The van der Waals surface area contributed by atoms with E-state index in [2.05, 4.69) is 0 Å². The second-order valence-electron chi connectivity index (χ2n) is 1.99. The number of carboxylic acids is 1. The fourth-order valence-corrected chi connectivity index (χ4v) is 0.225. The van der Waals surface area contributed by atoms with Crippen LogP contribution in [0.4, 0.5) is 0 Å². The molecule has 0 bridgehead atoms. The largest absolute Gasteiger partial charge is 0.481 e. The number of carbonyl (C=O) groups is 1. The Morgan fingerprint density at radius 1 is 1.56 bits per heavy atom. The highest BCUT2D eigenvalue weighted by molar-refractivity contribution is 5.85. The molecule has 0 aliphatic rings. The molecule has 9 heavy (non-hydrogen) atoms. The topological polar surface area (TPSA) is 63.3 Å². The average molecular weight is 154 g/mol. The summed E-state index contributed by atoms with van der Waals surface area (Å²) < 4.78 is 0. The van der Waals surface area contributed by atoms with E-state index in [1.807, 2.05) is 0 Å². The molecule has 0 aromatic heterocycles. The summed E-state index contributed by atoms with van der Waals surface area (Å²) in [7, 11) is 0. The van der Waals surface area contributed by atoms with E-state index in [0.29, 0.717) is 0 Å². The third kappa shape index (κ3) is 4.24. The van der Waals surface area contributed by atoms with Crippen LogP contribution in [0.1, 0.15) is 13.8 Å². The van der Waals surface area contributed by atoms with Gasteiger partial charge in [-0.1, -0.05) is 6.92 Å². The summed E-state index contributed by atoms with van der Waals surface area (Å²) in [6.45, 7) is 3.27. The van der Waals surface area contributed by atoms with Crippen LogP contribution in [0.15, 0.2) is 0 Å². The maximum absolute atomic E-state index is 10.1. The maximum Gasteiger partial charge on any atom is 0.307 e. The molecule has 3 N–H and O–H groups in total. The first-order valence-electron chi connectivity index (χ1n) is 2.54. The number of halogens is 1. The van der Waals surface area contributed by atoms with E-state index in [4.69, 9.17) is 10.8 Å². The molecule has 1 unspecified atom stereocenters. The van der Waals surface area contributed by atoms with Gasteiger partial charge in [-0.25, -0.2) is 0 Å². The molecule has 0 saturated carbocycles. The highest BCUT2D eigenvalue weighted by Crippen LogP contribution is 1.97. The van der Waals surface area contributed by atoms with E-state index in [9.17, 15) is 4.79 Å². The summed E-state index contributed by atoms with van der Waals surface area (Å²) >= 11 is 0. The first-order chi connectivity index (χ1) is 3.55. The Morgan fingerprint density at radius 3 is 1.89 bits per heavy atom. The molecule has 4 heteroatoms. The standard InChI is InChI=1S/C5H11NO2.ClH/c1-3(4(2)6)5(7)8;/h3-4H,6H2,1-2H3,(H,7,8);1H/t3?,4-;/m1./s1. The van der Waals surface area contributed by atoms with Gasteiger partial charge >= 0.3 is 5.97 Å². The van der Waals surface area contributed by atoms with Gasteiger partial charge in [0.25, 0.3) is 0 Å². The molecule has 0 fully saturated rings. The van der Waals surface area contributed by atoms with E-state index in [1.165, 1.54) is 0 Å². The van der Waals surface area contributed by atoms with Crippen molar-refractivity contribution >= 4 is 18.4 Å². The van der Waals surface area contributed by atoms with Crippen molar-refractivity contribution < 1.29 is 9.90 Å². The lowest BCUT2D eigenvalue weighted by Gasteiger charge is -2.07. The molecule has 0 heterocycles. The van der Waals surface area contributed by atoms with Crippen molar-refractivity contribution in [2.24, 2.45) is 11.7 Å². The Morgan fingerprint density at radius 2 is 1.89 bits per heavy atom. The smallest absolute Gasteiger partial charge is 0.307 e. The molecular weight excluding hydrogens is 142 g/mol. The van der Waals surface area contributed by atoms with Crippen molar-refractivity contribution in [3.05, 3.63) is 0 Å². The van der Waals surface area contributed by atoms with Gasteiger partial charge in [-0.2, -0.15) is 0 Å². The van der Waals surface area contributed by atoms with E-state index >= 15 is 0 Å². The van der Waals surface area contributed by atoms with Gasteiger partial charge in [0, 0.05) is 6.04 Å². The molecule has 0 radical (unpaired) electrons. The average Bonchev–Trinajstić information content (AvgIpc) is 1.64. The monoisotopic (exact) mass is 153 g/mol. The molecule has 0 saturated heterocycles. The summed E-state index contributed by atoms with van der Waals surface area (Å²) in [5, 5.41) is 8.27. The van der Waals surface area contributed by atoms with Crippen LogP contribution in [0.3, 0.4) is 0 Å². The molecule has 2 atom stereocenters. The second-order valence-corrected chi connectivity index (χ2v) is 1.99. The lowest BCUT2D eigenvalue weighted by Crippen LogP contribution is -2.30. The van der Waals surface area contributed by atoms with Gasteiger partial charge in [0.15, 0.2) is 0 Å². The van der Waals surface area contributed by atoms with E-state index < -0.39 is 11.9 Å². The normalized spacial score (nSPS) is 15.4. The predicted molar refractivity (Wildman–Crippen MR) is 37.7 cm³/mol. The molecule has 0 aromatic carbocycles. The molecule has 0 aromatic rings. The Bertz CT molecular complexity index is 95.0. The third-order valence-corrected chi connectivity index (χ3v) is 1.18. The molecule has 0 amide bonds. The van der Waals surface area contributed by atoms with Crippen molar-refractivity contribution in [1.82, 2.24) is 0 Å². The maximum atomic E-state index is 10.1. The fourth-order valence-electron chi connectivity index (χ4n) is 0.225. The molecular formula is C5H12ClNO2. The zero-order valence-electron chi connectivity index (χ0n) is 5.50. The van der Waals surface area contributed by atoms with Crippen molar-refractivity contribution in [3.63, 3.8) is 0 Å². The van der Waals surface area contributed by atoms with Crippen LogP contribution in [0.5, 0.6) is 0 Å². The Kier molecular flexibility index (Phi) is 5.86. The van der Waals surface area contributed by atoms with Gasteiger partial charge in [-0.05, 0) is 6.92 Å². The number of rotatable bonds is 2. The zero-order valence-corrected chi connectivity index (χ0v) is 6.31. The van der Waals surface area contributed by atoms with E-state index in [0.717, 1.165) is 0 Å². The molecule has 3 nitrogen and oxygen atoms in total. The van der Waals surface area contributed by atoms with Gasteiger partial charge < -0.3 is 10.8 Å². The zero-order chi connectivity index (χ0) is 6.73. The van der Waals surface area contributed by atoms with Gasteiger partial charge in [0.1, 0.15) is 0 Å². The molecule has 0 aliphatic carbocycles. The number of hydrogen-bond donors (Lipinski definition) is 2. The fraction of sp³-hybridized carbons (Fsp3) is 0.800. The Labute approximate surface area is 60.6 Å². The second kappa shape index (κ2) is 4.58. The summed E-state index contributed by atoms with van der Waals surface area (Å²) in [6.07, 6.45) is 0. The number of hydrogen-bond acceptors (Lipinski definition) is 2. The predicted octanol–water partition coefficient (Wildman–Crippen LogP) is 0.476. The quantitative estimate of drug-likeness (QED) is 0.607. The Hall–Kier alpha value is -0.280. The summed E-state index contributed by atoms with van der Waals surface area (Å²) in [5.74, 6) is -1.27. The highest BCUT2D eigenvalue weighted by atomic mass is 35.5. The minimum Gasteiger partial charge on any atom is -0.481 e. The highest BCUT2D eigenvalue weighted by Gasteiger charge is 2.14. The number of nitrogens with two attached hydrogens (primary N) is 1. The van der Waals surface area contributed by atoms with E-state index in [1.54, 1.807) is 13.8 Å². The van der Waals surface area contributed by atoms with Gasteiger partial charge in [0.2, 0.25) is 0 Å². The first-order valence-corrected chi connectivity index (χ1v) is 2.54. The summed E-state index contributed by atoms with van der Waals surface area (Å²) in [6, 6.07) is -0.257. The Balaban J connectivity index is 0. The first kappa shape index (κ1) is 11.5. The van der Waals surface area contributed by atoms with Crippen molar-refractivity contribution in [3.8, 4) is 0 Å². The SMILES string of the molecule is CC(C(=O)O)[C@@H](C)N.Cl. The lowest BCUT2D eigenvalue weighted by atomic mass is 10.1. The number of aliphatic carboxylic acids is 1. The third-order valence-electron chi connectivity index (χ3n) is 1.18. The summed E-state index contributed by atoms with van der Waals surface area (Å²) in [5.41, 5.74) is 5.26. The van der Waals surface area contributed by atoms with Gasteiger partial charge in [0.05, 0.1) is 5.92 Å². The summed E-state index contributed by atoms with van der Waals surface area (Å²) in [4.78, 5) is 10.1. The van der Waals surface area contributed by atoms with Crippen molar-refractivity contribution in [1.29, 1.82) is 0 Å². The molecule has 0 rings (SSSR count). The van der Waals surface area contributed by atoms with Crippen molar-refractivity contribution in [2.75, 3.05) is 0 Å². The van der Waals surface area contributed by atoms with Crippen LogP contribution >= 0.6 is 12.4 Å². The minimum atomic E-state index is -0.833. The van der Waals surface area contributed by atoms with Gasteiger partial charge in [-0.3, -0.25) is 4.79 Å². The number of carboxylic acid groups (broad SMARTS) is 1. The van der Waals surface area contributed by atoms with Crippen LogP contribution in [-0.4, -0.2) is 17.1 Å². The van der Waals surface area contributed by atoms with Crippen LogP contribution in [0.25, 0.3) is 0 Å². The van der Waals surface area contributed by atoms with Crippen LogP contribution < -0.4 is 5.73 Å². The van der Waals surface area contributed by atoms with Crippen LogP contribution in [0.2, 0.25) is 0 Å². The van der Waals surface area contributed by atoms with Crippen LogP contribution in [0, 0.1) is 5.92 Å².